The fourth-order valence-corrected chi connectivity index (χ4v) is 1.77. The number of halogens is 1. The number of aryl methyl sites for hydroxylation is 1. The van der Waals surface area contributed by atoms with E-state index in [1.165, 1.54) is 0 Å². The Kier molecular flexibility index (Phi) is 1.75. The zero-order chi connectivity index (χ0) is 8.77. The summed E-state index contributed by atoms with van der Waals surface area (Å²) in [6.45, 7) is 0.720. The molecule has 0 saturated carbocycles. The van der Waals surface area contributed by atoms with Crippen LogP contribution in [0.1, 0.15) is 5.69 Å². The van der Waals surface area contributed by atoms with Gasteiger partial charge < -0.3 is 9.84 Å². The third-order valence-corrected chi connectivity index (χ3v) is 2.40. The van der Waals surface area contributed by atoms with Crippen molar-refractivity contribution < 1.29 is 9.84 Å². The van der Waals surface area contributed by atoms with Crippen molar-refractivity contribution in [2.24, 2.45) is 7.05 Å². The molecule has 1 saturated heterocycles. The van der Waals surface area contributed by atoms with E-state index < -0.39 is 5.60 Å². The summed E-state index contributed by atoms with van der Waals surface area (Å²) in [6.07, 6.45) is 0. The van der Waals surface area contributed by atoms with Gasteiger partial charge in [0.25, 0.3) is 0 Å². The first kappa shape index (κ1) is 8.22. The summed E-state index contributed by atoms with van der Waals surface area (Å²) in [4.78, 5) is 0. The largest absolute Gasteiger partial charge is 0.379 e. The number of aromatic nitrogens is 2. The minimum atomic E-state index is -0.826. The van der Waals surface area contributed by atoms with Gasteiger partial charge in [0.1, 0.15) is 4.60 Å². The van der Waals surface area contributed by atoms with Gasteiger partial charge in [-0.25, -0.2) is 0 Å². The van der Waals surface area contributed by atoms with Crippen molar-refractivity contribution in [1.82, 2.24) is 9.78 Å². The van der Waals surface area contributed by atoms with Crippen LogP contribution < -0.4 is 0 Å². The summed E-state index contributed by atoms with van der Waals surface area (Å²) in [6, 6.07) is 1.81. The average Bonchev–Trinajstić information content (AvgIpc) is 2.25. The molecule has 2 rings (SSSR count). The van der Waals surface area contributed by atoms with Gasteiger partial charge >= 0.3 is 0 Å². The Balaban J connectivity index is 2.38. The molecule has 0 aromatic carbocycles. The number of hydrogen-bond donors (Lipinski definition) is 1. The van der Waals surface area contributed by atoms with E-state index in [1.807, 2.05) is 6.07 Å². The molecule has 12 heavy (non-hydrogen) atoms. The first-order valence-corrected chi connectivity index (χ1v) is 4.41. The molecule has 2 heterocycles. The number of nitrogens with zero attached hydrogens (tertiary/aromatic N) is 2. The van der Waals surface area contributed by atoms with Crippen LogP contribution >= 0.6 is 15.9 Å². The van der Waals surface area contributed by atoms with Gasteiger partial charge in [0.15, 0.2) is 5.60 Å². The van der Waals surface area contributed by atoms with Crippen LogP contribution in [0.5, 0.6) is 0 Å². The summed E-state index contributed by atoms with van der Waals surface area (Å²) in [5.74, 6) is 0. The van der Waals surface area contributed by atoms with E-state index >= 15 is 0 Å². The minimum Gasteiger partial charge on any atom is -0.379 e. The topological polar surface area (TPSA) is 47.3 Å². The predicted octanol–water partition coefficient (Wildman–Crippen LogP) is 0.400. The van der Waals surface area contributed by atoms with Gasteiger partial charge in [-0.1, -0.05) is 0 Å². The molecule has 1 aromatic heterocycles. The van der Waals surface area contributed by atoms with Crippen molar-refractivity contribution >= 4 is 15.9 Å². The number of ether oxygens (including phenoxy) is 1. The maximum absolute atomic E-state index is 9.87. The molecule has 4 nitrogen and oxygen atoms in total. The normalized spacial score (nSPS) is 20.6. The van der Waals surface area contributed by atoms with Crippen molar-refractivity contribution in [2.75, 3.05) is 13.2 Å². The summed E-state index contributed by atoms with van der Waals surface area (Å²) in [7, 11) is 1.80. The Morgan fingerprint density at radius 2 is 2.42 bits per heavy atom. The summed E-state index contributed by atoms with van der Waals surface area (Å²) >= 11 is 3.24. The standard InChI is InChI=1S/C7H9BrN2O2/c1-10-5(2-6(8)9-10)7(11)3-12-4-7/h2,11H,3-4H2,1H3. The van der Waals surface area contributed by atoms with Crippen molar-refractivity contribution in [3.8, 4) is 0 Å². The van der Waals surface area contributed by atoms with Crippen LogP contribution in [0, 0.1) is 0 Å². The fourth-order valence-electron chi connectivity index (χ4n) is 1.31. The van der Waals surface area contributed by atoms with Crippen molar-refractivity contribution in [1.29, 1.82) is 0 Å². The third-order valence-electron chi connectivity index (χ3n) is 2.01. The van der Waals surface area contributed by atoms with Crippen molar-refractivity contribution in [3.05, 3.63) is 16.4 Å². The van der Waals surface area contributed by atoms with E-state index in [9.17, 15) is 5.11 Å². The highest BCUT2D eigenvalue weighted by molar-refractivity contribution is 9.10. The molecule has 0 unspecified atom stereocenters. The SMILES string of the molecule is Cn1nc(Br)cc1C1(O)COC1. The van der Waals surface area contributed by atoms with Gasteiger partial charge in [-0.2, -0.15) is 5.10 Å². The van der Waals surface area contributed by atoms with Crippen LogP contribution in [0.2, 0.25) is 0 Å². The summed E-state index contributed by atoms with van der Waals surface area (Å²) < 4.78 is 7.35. The minimum absolute atomic E-state index is 0.360. The molecule has 66 valence electrons. The van der Waals surface area contributed by atoms with E-state index in [0.29, 0.717) is 13.2 Å². The predicted molar refractivity (Wildman–Crippen MR) is 45.6 cm³/mol. The van der Waals surface area contributed by atoms with Gasteiger partial charge in [0.2, 0.25) is 0 Å². The molecular weight excluding hydrogens is 224 g/mol. The quantitative estimate of drug-likeness (QED) is 0.763. The van der Waals surface area contributed by atoms with Crippen molar-refractivity contribution in [3.63, 3.8) is 0 Å². The van der Waals surface area contributed by atoms with E-state index in [2.05, 4.69) is 21.0 Å². The lowest BCUT2D eigenvalue weighted by atomic mass is 9.98. The lowest BCUT2D eigenvalue weighted by molar-refractivity contribution is -0.188. The van der Waals surface area contributed by atoms with E-state index in [0.717, 1.165) is 10.3 Å². The zero-order valence-corrected chi connectivity index (χ0v) is 8.21. The lowest BCUT2D eigenvalue weighted by Gasteiger charge is -2.35. The Morgan fingerprint density at radius 3 is 2.75 bits per heavy atom. The lowest BCUT2D eigenvalue weighted by Crippen LogP contribution is -2.47. The Bertz CT molecular complexity index is 306. The second-order valence-electron chi connectivity index (χ2n) is 3.00. The van der Waals surface area contributed by atoms with Crippen LogP contribution in [0.4, 0.5) is 0 Å². The summed E-state index contributed by atoms with van der Waals surface area (Å²) in [5.41, 5.74) is -0.0334. The average molecular weight is 233 g/mol. The molecule has 0 spiro atoms. The van der Waals surface area contributed by atoms with E-state index in [4.69, 9.17) is 4.74 Å². The van der Waals surface area contributed by atoms with Crippen LogP contribution in [0.3, 0.4) is 0 Å². The first-order valence-electron chi connectivity index (χ1n) is 3.62. The van der Waals surface area contributed by atoms with Gasteiger partial charge in [0, 0.05) is 7.05 Å². The Morgan fingerprint density at radius 1 is 1.75 bits per heavy atom. The highest BCUT2D eigenvalue weighted by Gasteiger charge is 2.40. The van der Waals surface area contributed by atoms with E-state index in [1.54, 1.807) is 11.7 Å². The smallest absolute Gasteiger partial charge is 0.152 e. The molecule has 0 bridgehead atoms. The highest BCUT2D eigenvalue weighted by Crippen LogP contribution is 2.30. The Hall–Kier alpha value is -0.390. The van der Waals surface area contributed by atoms with Gasteiger partial charge in [-0.05, 0) is 22.0 Å². The molecule has 0 amide bonds. The number of rotatable bonds is 1. The molecule has 1 aliphatic rings. The van der Waals surface area contributed by atoms with Gasteiger partial charge in [-0.3, -0.25) is 4.68 Å². The fraction of sp³-hybridized carbons (Fsp3) is 0.571. The molecule has 1 fully saturated rings. The second kappa shape index (κ2) is 2.55. The third kappa shape index (κ3) is 1.09. The molecule has 1 aliphatic heterocycles. The molecule has 5 heteroatoms. The molecular formula is C7H9BrN2O2. The molecule has 0 atom stereocenters. The van der Waals surface area contributed by atoms with Crippen LogP contribution in [0.25, 0.3) is 0 Å². The molecule has 1 aromatic rings. The van der Waals surface area contributed by atoms with Crippen LogP contribution in [-0.4, -0.2) is 28.1 Å². The highest BCUT2D eigenvalue weighted by atomic mass is 79.9. The maximum Gasteiger partial charge on any atom is 0.152 e. The molecule has 0 radical (unpaired) electrons. The second-order valence-corrected chi connectivity index (χ2v) is 3.81. The summed E-state index contributed by atoms with van der Waals surface area (Å²) in [5, 5.41) is 13.9. The number of aliphatic hydroxyl groups is 1. The zero-order valence-electron chi connectivity index (χ0n) is 6.62. The number of hydrogen-bond acceptors (Lipinski definition) is 3. The van der Waals surface area contributed by atoms with Gasteiger partial charge in [0.05, 0.1) is 18.9 Å². The van der Waals surface area contributed by atoms with Crippen molar-refractivity contribution in [2.45, 2.75) is 5.60 Å². The first-order chi connectivity index (χ1) is 5.62. The van der Waals surface area contributed by atoms with Gasteiger partial charge in [-0.15, -0.1) is 0 Å². The monoisotopic (exact) mass is 232 g/mol. The maximum atomic E-state index is 9.87. The molecule has 0 aliphatic carbocycles. The van der Waals surface area contributed by atoms with Crippen LogP contribution in [0.15, 0.2) is 10.7 Å². The molecule has 1 N–H and O–H groups in total. The Labute approximate surface area is 78.3 Å². The van der Waals surface area contributed by atoms with E-state index in [-0.39, 0.29) is 0 Å². The van der Waals surface area contributed by atoms with Crippen LogP contribution in [-0.2, 0) is 17.4 Å².